The van der Waals surface area contributed by atoms with Gasteiger partial charge in [-0.3, -0.25) is 19.8 Å². The van der Waals surface area contributed by atoms with Crippen molar-refractivity contribution in [2.75, 3.05) is 37.0 Å². The SMILES string of the molecule is CC1CN(O)C(=O)C1N(C(=O)O)c1ccc2c(c1)[C@]1(C)CCN(C)C1N2C. The number of carbonyl (C=O) groups excluding carboxylic acids is 1. The molecule has 1 aromatic carbocycles. The summed E-state index contributed by atoms with van der Waals surface area (Å²) in [4.78, 5) is 30.1. The van der Waals surface area contributed by atoms with Gasteiger partial charge in [-0.2, -0.15) is 0 Å². The highest BCUT2D eigenvalue weighted by molar-refractivity contribution is 5.98. The molecule has 0 spiro atoms. The normalized spacial score (nSPS) is 32.8. The lowest BCUT2D eigenvalue weighted by atomic mass is 9.81. The van der Waals surface area contributed by atoms with Crippen LogP contribution in [-0.2, 0) is 10.2 Å². The minimum absolute atomic E-state index is 0.0899. The number of likely N-dealkylation sites (tertiary alicyclic amines) is 1. The summed E-state index contributed by atoms with van der Waals surface area (Å²) < 4.78 is 0. The van der Waals surface area contributed by atoms with E-state index in [1.54, 1.807) is 13.0 Å². The molecule has 2 fully saturated rings. The van der Waals surface area contributed by atoms with Crippen LogP contribution < -0.4 is 9.80 Å². The third-order valence-corrected chi connectivity index (χ3v) is 6.58. The van der Waals surface area contributed by atoms with Crippen LogP contribution >= 0.6 is 0 Å². The minimum atomic E-state index is -1.19. The van der Waals surface area contributed by atoms with E-state index in [1.807, 2.05) is 12.1 Å². The fraction of sp³-hybridized carbons (Fsp3) is 0.579. The van der Waals surface area contributed by atoms with Crippen LogP contribution in [0.2, 0.25) is 0 Å². The number of anilines is 2. The minimum Gasteiger partial charge on any atom is -0.465 e. The molecule has 27 heavy (non-hydrogen) atoms. The Morgan fingerprint density at radius 3 is 2.63 bits per heavy atom. The number of hydrogen-bond acceptors (Lipinski definition) is 5. The first-order chi connectivity index (χ1) is 12.7. The van der Waals surface area contributed by atoms with E-state index in [9.17, 15) is 19.9 Å². The number of nitrogens with zero attached hydrogens (tertiary/aromatic N) is 4. The Labute approximate surface area is 158 Å². The fourth-order valence-electron chi connectivity index (χ4n) is 5.33. The maximum atomic E-state index is 12.4. The molecule has 3 heterocycles. The van der Waals surface area contributed by atoms with E-state index in [0.29, 0.717) is 10.8 Å². The molecular formula is C19H26N4O4. The van der Waals surface area contributed by atoms with E-state index >= 15 is 0 Å². The average molecular weight is 374 g/mol. The number of rotatable bonds is 2. The second-order valence-electron chi connectivity index (χ2n) is 8.33. The first-order valence-electron chi connectivity index (χ1n) is 9.27. The standard InChI is InChI=1S/C19H26N4O4/c1-11-10-22(27)16(24)15(11)23(18(25)26)12-5-6-14-13(9-12)19(2)7-8-20(3)17(19)21(14)4/h5-6,9,11,15,17,27H,7-8,10H2,1-4H3,(H,25,26)/t11?,15?,17?,19-/m0/s1. The first kappa shape index (κ1) is 18.1. The van der Waals surface area contributed by atoms with Crippen molar-refractivity contribution < 1.29 is 19.9 Å². The smallest absolute Gasteiger partial charge is 0.412 e. The third-order valence-electron chi connectivity index (χ3n) is 6.58. The molecule has 0 saturated carbocycles. The van der Waals surface area contributed by atoms with E-state index in [2.05, 4.69) is 30.8 Å². The van der Waals surface area contributed by atoms with Crippen LogP contribution in [0.25, 0.3) is 0 Å². The summed E-state index contributed by atoms with van der Waals surface area (Å²) in [5.74, 6) is -0.873. The third kappa shape index (κ3) is 2.36. The van der Waals surface area contributed by atoms with Crippen molar-refractivity contribution in [3.63, 3.8) is 0 Å². The van der Waals surface area contributed by atoms with Gasteiger partial charge in [0.1, 0.15) is 6.04 Å². The number of fused-ring (bicyclic) bond motifs is 3. The van der Waals surface area contributed by atoms with Gasteiger partial charge in [0.2, 0.25) is 0 Å². The molecule has 3 aliphatic heterocycles. The van der Waals surface area contributed by atoms with E-state index < -0.39 is 18.0 Å². The number of carboxylic acid groups (broad SMARTS) is 1. The zero-order chi connectivity index (χ0) is 19.7. The molecule has 8 heteroatoms. The van der Waals surface area contributed by atoms with E-state index in [0.717, 1.165) is 29.1 Å². The predicted molar refractivity (Wildman–Crippen MR) is 100 cm³/mol. The summed E-state index contributed by atoms with van der Waals surface area (Å²) >= 11 is 0. The molecule has 0 aromatic heterocycles. The molecule has 4 atom stereocenters. The lowest BCUT2D eigenvalue weighted by molar-refractivity contribution is -0.158. The molecule has 3 unspecified atom stereocenters. The van der Waals surface area contributed by atoms with Gasteiger partial charge in [-0.25, -0.2) is 9.86 Å². The van der Waals surface area contributed by atoms with Gasteiger partial charge in [0.15, 0.2) is 0 Å². The highest BCUT2D eigenvalue weighted by atomic mass is 16.5. The largest absolute Gasteiger partial charge is 0.465 e. The molecule has 2 N–H and O–H groups in total. The molecule has 0 radical (unpaired) electrons. The topological polar surface area (TPSA) is 87.6 Å². The van der Waals surface area contributed by atoms with Crippen LogP contribution in [0, 0.1) is 5.92 Å². The second kappa shape index (κ2) is 5.84. The summed E-state index contributed by atoms with van der Waals surface area (Å²) in [6, 6.07) is 4.70. The van der Waals surface area contributed by atoms with Gasteiger partial charge in [0.05, 0.1) is 12.7 Å². The van der Waals surface area contributed by atoms with Crippen molar-refractivity contribution in [3.05, 3.63) is 23.8 Å². The number of carbonyl (C=O) groups is 2. The van der Waals surface area contributed by atoms with Crippen molar-refractivity contribution in [1.29, 1.82) is 0 Å². The van der Waals surface area contributed by atoms with Crippen molar-refractivity contribution in [2.45, 2.75) is 37.9 Å². The van der Waals surface area contributed by atoms with Crippen LogP contribution in [0.5, 0.6) is 0 Å². The van der Waals surface area contributed by atoms with Crippen LogP contribution in [-0.4, -0.2) is 71.7 Å². The first-order valence-corrected chi connectivity index (χ1v) is 9.27. The van der Waals surface area contributed by atoms with Crippen LogP contribution in [0.15, 0.2) is 18.2 Å². The zero-order valence-corrected chi connectivity index (χ0v) is 16.1. The Kier molecular flexibility index (Phi) is 3.91. The Bertz CT molecular complexity index is 815. The zero-order valence-electron chi connectivity index (χ0n) is 16.1. The highest BCUT2D eigenvalue weighted by Crippen LogP contribution is 2.52. The van der Waals surface area contributed by atoms with Crippen LogP contribution in [0.4, 0.5) is 16.2 Å². The highest BCUT2D eigenvalue weighted by Gasteiger charge is 2.52. The van der Waals surface area contributed by atoms with Gasteiger partial charge in [-0.1, -0.05) is 13.8 Å². The maximum Gasteiger partial charge on any atom is 0.412 e. The summed E-state index contributed by atoms with van der Waals surface area (Å²) in [6.45, 7) is 5.11. The number of hydrogen-bond donors (Lipinski definition) is 2. The van der Waals surface area contributed by atoms with Gasteiger partial charge in [0, 0.05) is 36.3 Å². The molecule has 0 bridgehead atoms. The molecule has 8 nitrogen and oxygen atoms in total. The van der Waals surface area contributed by atoms with E-state index in [-0.39, 0.29) is 24.0 Å². The Hall–Kier alpha value is -2.32. The number of likely N-dealkylation sites (N-methyl/N-ethyl adjacent to an activating group) is 2. The van der Waals surface area contributed by atoms with E-state index in [4.69, 9.17) is 0 Å². The molecule has 3 aliphatic rings. The average Bonchev–Trinajstić information content (AvgIpc) is 3.13. The van der Waals surface area contributed by atoms with Gasteiger partial charge in [-0.05, 0) is 37.2 Å². The van der Waals surface area contributed by atoms with E-state index in [1.165, 1.54) is 0 Å². The van der Waals surface area contributed by atoms with Crippen molar-refractivity contribution >= 4 is 23.4 Å². The quantitative estimate of drug-likeness (QED) is 0.768. The summed E-state index contributed by atoms with van der Waals surface area (Å²) in [7, 11) is 4.18. The molecule has 2 amide bonds. The number of amides is 2. The molecule has 2 saturated heterocycles. The van der Waals surface area contributed by atoms with Crippen LogP contribution in [0.3, 0.4) is 0 Å². The molecule has 146 valence electrons. The van der Waals surface area contributed by atoms with Gasteiger partial charge < -0.3 is 10.0 Å². The Balaban J connectivity index is 1.79. The molecule has 1 aromatic rings. The molecular weight excluding hydrogens is 348 g/mol. The number of hydroxylamine groups is 2. The van der Waals surface area contributed by atoms with Gasteiger partial charge in [0.25, 0.3) is 5.91 Å². The lowest BCUT2D eigenvalue weighted by Gasteiger charge is -2.32. The Morgan fingerprint density at radius 1 is 1.33 bits per heavy atom. The van der Waals surface area contributed by atoms with Crippen molar-refractivity contribution in [2.24, 2.45) is 5.92 Å². The van der Waals surface area contributed by atoms with Crippen molar-refractivity contribution in [3.8, 4) is 0 Å². The summed E-state index contributed by atoms with van der Waals surface area (Å²) in [6.07, 6.45) is 0.0404. The molecule has 4 rings (SSSR count). The fourth-order valence-corrected chi connectivity index (χ4v) is 5.33. The van der Waals surface area contributed by atoms with Gasteiger partial charge >= 0.3 is 6.09 Å². The number of benzene rings is 1. The molecule has 0 aliphatic carbocycles. The Morgan fingerprint density at radius 2 is 2.04 bits per heavy atom. The lowest BCUT2D eigenvalue weighted by Crippen LogP contribution is -2.47. The monoisotopic (exact) mass is 374 g/mol. The van der Waals surface area contributed by atoms with Gasteiger partial charge in [-0.15, -0.1) is 0 Å². The van der Waals surface area contributed by atoms with Crippen LogP contribution in [0.1, 0.15) is 25.8 Å². The van der Waals surface area contributed by atoms with Crippen molar-refractivity contribution in [1.82, 2.24) is 9.96 Å². The summed E-state index contributed by atoms with van der Waals surface area (Å²) in [5, 5.41) is 20.2. The summed E-state index contributed by atoms with van der Waals surface area (Å²) in [5.41, 5.74) is 2.60. The predicted octanol–water partition coefficient (Wildman–Crippen LogP) is 1.78. The second-order valence-corrected chi connectivity index (χ2v) is 8.33. The maximum absolute atomic E-state index is 12.4.